The number of hydrogen-bond donors (Lipinski definition) is 2. The van der Waals surface area contributed by atoms with E-state index in [0.29, 0.717) is 31.2 Å². The quantitative estimate of drug-likeness (QED) is 0.653. The van der Waals surface area contributed by atoms with E-state index in [-0.39, 0.29) is 11.9 Å². The van der Waals surface area contributed by atoms with Gasteiger partial charge in [0.2, 0.25) is 5.91 Å². The Balaban J connectivity index is 1.71. The Kier molecular flexibility index (Phi) is 8.70. The van der Waals surface area contributed by atoms with Gasteiger partial charge in [-0.2, -0.15) is 0 Å². The fraction of sp³-hybridized carbons (Fsp3) is 0.391. The van der Waals surface area contributed by atoms with Crippen LogP contribution in [0.25, 0.3) is 0 Å². The lowest BCUT2D eigenvalue weighted by atomic mass is 10.0. The zero-order chi connectivity index (χ0) is 22.1. The van der Waals surface area contributed by atoms with Gasteiger partial charge in [-0.05, 0) is 23.3 Å². The fourth-order valence-electron chi connectivity index (χ4n) is 3.61. The third kappa shape index (κ3) is 6.95. The summed E-state index contributed by atoms with van der Waals surface area (Å²) < 4.78 is 10.2. The molecule has 2 aromatic rings. The lowest BCUT2D eigenvalue weighted by Crippen LogP contribution is -2.50. The molecule has 7 nitrogen and oxygen atoms in total. The van der Waals surface area contributed by atoms with Crippen molar-refractivity contribution >= 4 is 23.6 Å². The third-order valence-electron chi connectivity index (χ3n) is 5.29. The van der Waals surface area contributed by atoms with Crippen molar-refractivity contribution in [1.29, 1.82) is 0 Å². The van der Waals surface area contributed by atoms with Crippen molar-refractivity contribution < 1.29 is 19.1 Å². The van der Waals surface area contributed by atoms with Crippen LogP contribution in [-0.2, 0) is 20.7 Å². The highest BCUT2D eigenvalue weighted by Gasteiger charge is 2.26. The lowest BCUT2D eigenvalue weighted by Gasteiger charge is -2.35. The van der Waals surface area contributed by atoms with Crippen molar-refractivity contribution in [1.82, 2.24) is 15.5 Å². The molecule has 166 valence electrons. The van der Waals surface area contributed by atoms with Gasteiger partial charge >= 0.3 is 6.09 Å². The Labute approximate surface area is 187 Å². The molecule has 1 heterocycles. The highest BCUT2D eigenvalue weighted by molar-refractivity contribution is 6.30. The van der Waals surface area contributed by atoms with Gasteiger partial charge in [-0.25, -0.2) is 4.79 Å². The minimum absolute atomic E-state index is 0.0272. The Morgan fingerprint density at radius 1 is 1.10 bits per heavy atom. The number of nitrogens with zero attached hydrogens (tertiary/aromatic N) is 1. The van der Waals surface area contributed by atoms with Gasteiger partial charge in [0, 0.05) is 31.1 Å². The van der Waals surface area contributed by atoms with Crippen LogP contribution in [0.2, 0.25) is 5.02 Å². The van der Waals surface area contributed by atoms with Crippen LogP contribution in [0.3, 0.4) is 0 Å². The van der Waals surface area contributed by atoms with Gasteiger partial charge in [-0.3, -0.25) is 9.69 Å². The van der Waals surface area contributed by atoms with Crippen molar-refractivity contribution in [2.45, 2.75) is 18.5 Å². The molecule has 2 amide bonds. The molecule has 0 aromatic heterocycles. The molecule has 2 atom stereocenters. The number of amides is 2. The summed E-state index contributed by atoms with van der Waals surface area (Å²) in [5.41, 5.74) is 2.01. The number of rotatable bonds is 8. The van der Waals surface area contributed by atoms with E-state index in [9.17, 15) is 9.59 Å². The lowest BCUT2D eigenvalue weighted by molar-refractivity contribution is -0.123. The Hall–Kier alpha value is -2.61. The fourth-order valence-corrected chi connectivity index (χ4v) is 3.74. The van der Waals surface area contributed by atoms with E-state index in [0.717, 1.165) is 24.2 Å². The van der Waals surface area contributed by atoms with Crippen LogP contribution in [0.4, 0.5) is 4.79 Å². The maximum atomic E-state index is 13.0. The largest absolute Gasteiger partial charge is 0.453 e. The van der Waals surface area contributed by atoms with Crippen molar-refractivity contribution in [2.75, 3.05) is 40.0 Å². The first-order chi connectivity index (χ1) is 15.1. The topological polar surface area (TPSA) is 79.9 Å². The van der Waals surface area contributed by atoms with Gasteiger partial charge in [0.05, 0.1) is 26.4 Å². The highest BCUT2D eigenvalue weighted by Crippen LogP contribution is 2.23. The van der Waals surface area contributed by atoms with Crippen molar-refractivity contribution in [3.8, 4) is 0 Å². The first-order valence-electron chi connectivity index (χ1n) is 10.3. The molecule has 2 aromatic carbocycles. The predicted octanol–water partition coefficient (Wildman–Crippen LogP) is 2.80. The second kappa shape index (κ2) is 11.7. The third-order valence-corrected chi connectivity index (χ3v) is 5.54. The number of hydrogen-bond acceptors (Lipinski definition) is 5. The maximum Gasteiger partial charge on any atom is 0.407 e. The number of carbonyl (C=O) groups is 2. The molecule has 1 aliphatic heterocycles. The summed E-state index contributed by atoms with van der Waals surface area (Å²) in [7, 11) is 1.28. The zero-order valence-electron chi connectivity index (χ0n) is 17.6. The molecule has 0 aliphatic carbocycles. The molecule has 2 N–H and O–H groups in total. The molecule has 1 fully saturated rings. The summed E-state index contributed by atoms with van der Waals surface area (Å²) in [5, 5.41) is 6.32. The average Bonchev–Trinajstić information content (AvgIpc) is 2.81. The van der Waals surface area contributed by atoms with Crippen molar-refractivity contribution in [3.63, 3.8) is 0 Å². The number of morpholine rings is 1. The monoisotopic (exact) mass is 445 g/mol. The minimum atomic E-state index is -0.745. The first kappa shape index (κ1) is 23.1. The summed E-state index contributed by atoms with van der Waals surface area (Å²) in [4.78, 5) is 27.1. The van der Waals surface area contributed by atoms with E-state index in [1.807, 2.05) is 54.6 Å². The number of ether oxygens (including phenoxy) is 2. The van der Waals surface area contributed by atoms with Gasteiger partial charge in [0.15, 0.2) is 0 Å². The van der Waals surface area contributed by atoms with Gasteiger partial charge in [-0.15, -0.1) is 0 Å². The SMILES string of the molecule is COC(=O)NC(Cc1ccccc1)C(=O)NCC(c1ccc(Cl)cc1)N1CCOCC1. The number of halogens is 1. The van der Waals surface area contributed by atoms with Gasteiger partial charge < -0.3 is 20.1 Å². The summed E-state index contributed by atoms with van der Waals surface area (Å²) in [5.74, 6) is -0.263. The molecule has 0 saturated carbocycles. The second-order valence-corrected chi connectivity index (χ2v) is 7.78. The normalized spacial score (nSPS) is 16.2. The molecule has 0 radical (unpaired) electrons. The smallest absolute Gasteiger partial charge is 0.407 e. The second-order valence-electron chi connectivity index (χ2n) is 7.34. The minimum Gasteiger partial charge on any atom is -0.453 e. The molecule has 0 spiro atoms. The summed E-state index contributed by atoms with van der Waals surface area (Å²) >= 11 is 6.06. The standard InChI is InChI=1S/C23H28ClN3O4/c1-30-23(29)26-20(15-17-5-3-2-4-6-17)22(28)25-16-21(27-11-13-31-14-12-27)18-7-9-19(24)10-8-18/h2-10,20-21H,11-16H2,1H3,(H,25,28)(H,26,29). The number of carbonyl (C=O) groups excluding carboxylic acids is 2. The molecular formula is C23H28ClN3O4. The van der Waals surface area contributed by atoms with E-state index in [1.165, 1.54) is 7.11 Å². The number of alkyl carbamates (subject to hydrolysis) is 1. The van der Waals surface area contributed by atoms with Crippen LogP contribution in [-0.4, -0.2) is 62.9 Å². The van der Waals surface area contributed by atoms with Gasteiger partial charge in [0.1, 0.15) is 6.04 Å². The van der Waals surface area contributed by atoms with Gasteiger partial charge in [-0.1, -0.05) is 54.1 Å². The molecule has 1 aliphatic rings. The van der Waals surface area contributed by atoms with E-state index < -0.39 is 12.1 Å². The Bertz CT molecular complexity index is 842. The van der Waals surface area contributed by atoms with E-state index >= 15 is 0 Å². The molecule has 1 saturated heterocycles. The molecule has 31 heavy (non-hydrogen) atoms. The summed E-state index contributed by atoms with van der Waals surface area (Å²) in [6, 6.07) is 16.4. The number of benzene rings is 2. The van der Waals surface area contributed by atoms with Crippen LogP contribution in [0.1, 0.15) is 17.2 Å². The van der Waals surface area contributed by atoms with Crippen LogP contribution in [0.5, 0.6) is 0 Å². The summed E-state index contributed by atoms with van der Waals surface area (Å²) in [6.07, 6.45) is -0.274. The molecular weight excluding hydrogens is 418 g/mol. The van der Waals surface area contributed by atoms with Crippen molar-refractivity contribution in [2.24, 2.45) is 0 Å². The van der Waals surface area contributed by atoms with Crippen LogP contribution >= 0.6 is 11.6 Å². The summed E-state index contributed by atoms with van der Waals surface area (Å²) in [6.45, 7) is 3.25. The van der Waals surface area contributed by atoms with Crippen molar-refractivity contribution in [3.05, 3.63) is 70.7 Å². The van der Waals surface area contributed by atoms with Gasteiger partial charge in [0.25, 0.3) is 0 Å². The van der Waals surface area contributed by atoms with Crippen LogP contribution in [0, 0.1) is 0 Å². The Morgan fingerprint density at radius 2 is 1.77 bits per heavy atom. The van der Waals surface area contributed by atoms with E-state index in [4.69, 9.17) is 21.1 Å². The van der Waals surface area contributed by atoms with E-state index in [2.05, 4.69) is 15.5 Å². The predicted molar refractivity (Wildman–Crippen MR) is 119 cm³/mol. The number of methoxy groups -OCH3 is 1. The van der Waals surface area contributed by atoms with Crippen LogP contribution in [0.15, 0.2) is 54.6 Å². The Morgan fingerprint density at radius 3 is 2.42 bits per heavy atom. The van der Waals surface area contributed by atoms with E-state index in [1.54, 1.807) is 0 Å². The molecule has 2 unspecified atom stereocenters. The first-order valence-corrected chi connectivity index (χ1v) is 10.7. The maximum absolute atomic E-state index is 13.0. The molecule has 3 rings (SSSR count). The average molecular weight is 446 g/mol. The number of nitrogens with one attached hydrogen (secondary N) is 2. The molecule has 0 bridgehead atoms. The van der Waals surface area contributed by atoms with Crippen LogP contribution < -0.4 is 10.6 Å². The highest BCUT2D eigenvalue weighted by atomic mass is 35.5. The molecule has 8 heteroatoms. The zero-order valence-corrected chi connectivity index (χ0v) is 18.3.